The molecule has 5 rings (SSSR count). The van der Waals surface area contributed by atoms with Crippen molar-refractivity contribution in [2.24, 2.45) is 16.6 Å². The molecule has 1 aliphatic carbocycles. The van der Waals surface area contributed by atoms with Crippen LogP contribution < -0.4 is 11.1 Å². The van der Waals surface area contributed by atoms with Gasteiger partial charge < -0.3 is 16.0 Å². The van der Waals surface area contributed by atoms with E-state index < -0.39 is 11.5 Å². The van der Waals surface area contributed by atoms with Crippen LogP contribution in [0, 0.1) is 11.7 Å². The Labute approximate surface area is 196 Å². The number of nitrogens with zero attached hydrogens (tertiary/aromatic N) is 2. The van der Waals surface area contributed by atoms with Crippen LogP contribution >= 0.6 is 11.8 Å². The first-order valence-electron chi connectivity index (χ1n) is 11.3. The molecule has 172 valence electrons. The number of carbonyl (C=O) groups excluding carboxylic acids is 2. The first kappa shape index (κ1) is 21.9. The third kappa shape index (κ3) is 4.24. The maximum Gasteiger partial charge on any atom is 0.229 e. The summed E-state index contributed by atoms with van der Waals surface area (Å²) in [5.41, 5.74) is 8.60. The number of hydrogen-bond donors (Lipinski definition) is 2. The van der Waals surface area contributed by atoms with Gasteiger partial charge in [-0.2, -0.15) is 0 Å². The number of thioether (sulfide) groups is 1. The monoisotopic (exact) mass is 466 g/mol. The predicted molar refractivity (Wildman–Crippen MR) is 129 cm³/mol. The highest BCUT2D eigenvalue weighted by Gasteiger charge is 2.40. The Kier molecular flexibility index (Phi) is 5.64. The summed E-state index contributed by atoms with van der Waals surface area (Å²) in [6, 6.07) is 12.9. The third-order valence-corrected chi connectivity index (χ3v) is 7.80. The van der Waals surface area contributed by atoms with Crippen LogP contribution in [0.2, 0.25) is 0 Å². The SMILES string of the molecule is CC1(c2cc(NC(=O)C3CC(=O)N(C4Cc5ccccc5C4)C3)ccc2F)CCSC(N)=N1. The summed E-state index contributed by atoms with van der Waals surface area (Å²) in [6.07, 6.45) is 2.52. The predicted octanol–water partition coefficient (Wildman–Crippen LogP) is 3.45. The highest BCUT2D eigenvalue weighted by molar-refractivity contribution is 8.13. The molecule has 2 aliphatic heterocycles. The van der Waals surface area contributed by atoms with Crippen molar-refractivity contribution in [1.29, 1.82) is 0 Å². The number of carbonyl (C=O) groups is 2. The highest BCUT2D eigenvalue weighted by Crippen LogP contribution is 2.38. The number of aliphatic imine (C=N–C) groups is 1. The fourth-order valence-corrected chi connectivity index (χ4v) is 6.13. The molecule has 2 heterocycles. The topological polar surface area (TPSA) is 87.8 Å². The number of hydrogen-bond acceptors (Lipinski definition) is 5. The number of fused-ring (bicyclic) bond motifs is 1. The first-order valence-corrected chi connectivity index (χ1v) is 12.3. The minimum atomic E-state index is -0.766. The standard InChI is InChI=1S/C25H27FN4O2S/c1-25(8-9-33-24(27)29-25)20-13-18(6-7-21(20)26)28-23(32)17-12-22(31)30(14-17)19-10-15-4-2-3-5-16(15)11-19/h2-7,13,17,19H,8-12,14H2,1H3,(H2,27,29)(H,28,32). The van der Waals surface area contributed by atoms with Crippen molar-refractivity contribution in [3.63, 3.8) is 0 Å². The summed E-state index contributed by atoms with van der Waals surface area (Å²) in [5.74, 6) is -0.240. The van der Waals surface area contributed by atoms with Crippen molar-refractivity contribution in [2.45, 2.75) is 44.2 Å². The van der Waals surface area contributed by atoms with Crippen LogP contribution in [0.4, 0.5) is 10.1 Å². The lowest BCUT2D eigenvalue weighted by Crippen LogP contribution is -2.38. The second kappa shape index (κ2) is 8.48. The molecule has 0 spiro atoms. The van der Waals surface area contributed by atoms with E-state index in [4.69, 9.17) is 5.73 Å². The van der Waals surface area contributed by atoms with Crippen molar-refractivity contribution in [1.82, 2.24) is 4.90 Å². The molecular weight excluding hydrogens is 439 g/mol. The Bertz CT molecular complexity index is 1130. The molecule has 0 radical (unpaired) electrons. The number of amidine groups is 1. The van der Waals surface area contributed by atoms with E-state index >= 15 is 0 Å². The summed E-state index contributed by atoms with van der Waals surface area (Å²) in [4.78, 5) is 32.1. The van der Waals surface area contributed by atoms with Gasteiger partial charge in [0.05, 0.1) is 11.5 Å². The molecule has 0 aromatic heterocycles. The Balaban J connectivity index is 1.28. The van der Waals surface area contributed by atoms with Gasteiger partial charge in [0, 0.05) is 36.0 Å². The van der Waals surface area contributed by atoms with E-state index in [2.05, 4.69) is 22.4 Å². The van der Waals surface area contributed by atoms with Gasteiger partial charge in [-0.15, -0.1) is 0 Å². The van der Waals surface area contributed by atoms with Crippen molar-refractivity contribution < 1.29 is 14.0 Å². The van der Waals surface area contributed by atoms with Gasteiger partial charge in [-0.1, -0.05) is 36.0 Å². The zero-order valence-electron chi connectivity index (χ0n) is 18.5. The molecule has 1 saturated heterocycles. The number of rotatable bonds is 4. The lowest BCUT2D eigenvalue weighted by molar-refractivity contribution is -0.129. The van der Waals surface area contributed by atoms with Gasteiger partial charge in [-0.3, -0.25) is 14.6 Å². The molecule has 1 fully saturated rings. The molecule has 33 heavy (non-hydrogen) atoms. The number of benzene rings is 2. The molecule has 2 amide bonds. The van der Waals surface area contributed by atoms with Crippen LogP contribution in [-0.2, 0) is 28.0 Å². The van der Waals surface area contributed by atoms with Crippen molar-refractivity contribution in [3.05, 3.63) is 65.0 Å². The van der Waals surface area contributed by atoms with E-state index in [0.29, 0.717) is 29.4 Å². The average molecular weight is 467 g/mol. The van der Waals surface area contributed by atoms with Crippen molar-refractivity contribution >= 4 is 34.4 Å². The lowest BCUT2D eigenvalue weighted by atomic mass is 9.89. The molecule has 0 bridgehead atoms. The summed E-state index contributed by atoms with van der Waals surface area (Å²) in [5, 5.41) is 3.34. The second-order valence-electron chi connectivity index (χ2n) is 9.28. The van der Waals surface area contributed by atoms with Crippen LogP contribution in [0.1, 0.15) is 36.5 Å². The van der Waals surface area contributed by atoms with E-state index in [1.807, 2.05) is 24.0 Å². The summed E-state index contributed by atoms with van der Waals surface area (Å²) in [7, 11) is 0. The number of amides is 2. The average Bonchev–Trinajstić information content (AvgIpc) is 3.38. The second-order valence-corrected chi connectivity index (χ2v) is 10.4. The van der Waals surface area contributed by atoms with Gasteiger partial charge in [0.2, 0.25) is 11.8 Å². The number of nitrogens with one attached hydrogen (secondary N) is 1. The van der Waals surface area contributed by atoms with Crippen LogP contribution in [0.3, 0.4) is 0 Å². The van der Waals surface area contributed by atoms with E-state index in [1.54, 1.807) is 12.1 Å². The summed E-state index contributed by atoms with van der Waals surface area (Å²) in [6.45, 7) is 2.27. The van der Waals surface area contributed by atoms with Crippen LogP contribution in [-0.4, -0.2) is 40.2 Å². The Morgan fingerprint density at radius 2 is 1.94 bits per heavy atom. The van der Waals surface area contributed by atoms with Gasteiger partial charge in [0.25, 0.3) is 0 Å². The molecule has 3 aliphatic rings. The number of nitrogens with two attached hydrogens (primary N) is 1. The zero-order valence-corrected chi connectivity index (χ0v) is 19.3. The molecule has 8 heteroatoms. The van der Waals surface area contributed by atoms with Crippen molar-refractivity contribution in [3.8, 4) is 0 Å². The smallest absolute Gasteiger partial charge is 0.229 e. The zero-order chi connectivity index (χ0) is 23.2. The van der Waals surface area contributed by atoms with Crippen LogP contribution in [0.15, 0.2) is 47.5 Å². The van der Waals surface area contributed by atoms with Gasteiger partial charge in [0.1, 0.15) is 5.82 Å². The number of anilines is 1. The van der Waals surface area contributed by atoms with Crippen molar-refractivity contribution in [2.75, 3.05) is 17.6 Å². The maximum absolute atomic E-state index is 14.7. The summed E-state index contributed by atoms with van der Waals surface area (Å²) < 4.78 is 14.7. The highest BCUT2D eigenvalue weighted by atomic mass is 32.2. The number of halogens is 1. The first-order chi connectivity index (χ1) is 15.8. The van der Waals surface area contributed by atoms with E-state index in [1.165, 1.54) is 29.0 Å². The maximum atomic E-state index is 14.7. The Morgan fingerprint density at radius 1 is 1.21 bits per heavy atom. The third-order valence-electron chi connectivity index (χ3n) is 7.01. The Morgan fingerprint density at radius 3 is 2.64 bits per heavy atom. The van der Waals surface area contributed by atoms with E-state index in [-0.39, 0.29) is 30.1 Å². The number of likely N-dealkylation sites (tertiary alicyclic amines) is 1. The van der Waals surface area contributed by atoms with Gasteiger partial charge in [0.15, 0.2) is 5.17 Å². The summed E-state index contributed by atoms with van der Waals surface area (Å²) >= 11 is 1.46. The van der Waals surface area contributed by atoms with E-state index in [0.717, 1.165) is 18.6 Å². The molecule has 2 unspecified atom stereocenters. The van der Waals surface area contributed by atoms with Crippen LogP contribution in [0.25, 0.3) is 0 Å². The molecule has 3 N–H and O–H groups in total. The quantitative estimate of drug-likeness (QED) is 0.723. The normalized spacial score (nSPS) is 25.2. The minimum absolute atomic E-state index is 0.0183. The molecular formula is C25H27FN4O2S. The lowest BCUT2D eigenvalue weighted by Gasteiger charge is -2.30. The molecule has 0 saturated carbocycles. The fraction of sp³-hybridized carbons (Fsp3) is 0.400. The Hall–Kier alpha value is -2.87. The van der Waals surface area contributed by atoms with Gasteiger partial charge in [-0.05, 0) is 55.5 Å². The minimum Gasteiger partial charge on any atom is -0.379 e. The van der Waals surface area contributed by atoms with E-state index in [9.17, 15) is 14.0 Å². The fourth-order valence-electron chi connectivity index (χ4n) is 5.16. The molecule has 6 nitrogen and oxygen atoms in total. The molecule has 2 aromatic rings. The molecule has 2 aromatic carbocycles. The van der Waals surface area contributed by atoms with Gasteiger partial charge >= 0.3 is 0 Å². The molecule has 2 atom stereocenters. The van der Waals surface area contributed by atoms with Gasteiger partial charge in [-0.25, -0.2) is 4.39 Å². The largest absolute Gasteiger partial charge is 0.379 e. The van der Waals surface area contributed by atoms with Crippen LogP contribution in [0.5, 0.6) is 0 Å².